The van der Waals surface area contributed by atoms with Crippen LogP contribution in [0.3, 0.4) is 0 Å². The number of piperidine rings is 1. The molecule has 8 nitrogen and oxygen atoms in total. The molecule has 0 radical (unpaired) electrons. The van der Waals surface area contributed by atoms with Crippen LogP contribution in [0.15, 0.2) is 47.8 Å². The zero-order chi connectivity index (χ0) is 20.4. The zero-order valence-electron chi connectivity index (χ0n) is 16.7. The smallest absolute Gasteiger partial charge is 0.274 e. The van der Waals surface area contributed by atoms with Crippen molar-refractivity contribution in [1.29, 1.82) is 0 Å². The number of hydrogen-bond acceptors (Lipinski definition) is 5. The van der Waals surface area contributed by atoms with Crippen molar-refractivity contribution in [2.24, 2.45) is 13.0 Å². The molecule has 8 heteroatoms. The van der Waals surface area contributed by atoms with Gasteiger partial charge in [0.15, 0.2) is 5.69 Å². The first kappa shape index (κ1) is 19.0. The number of aromatic nitrogens is 5. The number of amides is 1. The summed E-state index contributed by atoms with van der Waals surface area (Å²) < 4.78 is 3.38. The number of pyridine rings is 1. The van der Waals surface area contributed by atoms with E-state index in [-0.39, 0.29) is 11.5 Å². The quantitative estimate of drug-likeness (QED) is 0.677. The Bertz CT molecular complexity index is 1040. The normalized spacial score (nSPS) is 14.9. The maximum atomic E-state index is 12.6. The van der Waals surface area contributed by atoms with E-state index >= 15 is 0 Å². The lowest BCUT2D eigenvalue weighted by Gasteiger charge is -2.31. The largest absolute Gasteiger partial charge is 0.337 e. The molecule has 1 amide bonds. The molecule has 4 rings (SSSR count). The lowest BCUT2D eigenvalue weighted by atomic mass is 9.96. The number of nitrogens with zero attached hydrogens (tertiary/aromatic N) is 6. The second-order valence-electron chi connectivity index (χ2n) is 7.53. The number of carbonyl (C=O) groups is 1. The van der Waals surface area contributed by atoms with Gasteiger partial charge in [-0.2, -0.15) is 5.10 Å². The van der Waals surface area contributed by atoms with Gasteiger partial charge in [-0.05, 0) is 43.9 Å². The molecule has 0 unspecified atom stereocenters. The molecule has 3 aromatic heterocycles. The van der Waals surface area contributed by atoms with Gasteiger partial charge in [-0.25, -0.2) is 4.98 Å². The first-order valence-corrected chi connectivity index (χ1v) is 9.78. The fourth-order valence-electron chi connectivity index (χ4n) is 3.67. The summed E-state index contributed by atoms with van der Waals surface area (Å²) in [6, 6.07) is 7.06. The molecule has 1 fully saturated rings. The van der Waals surface area contributed by atoms with E-state index in [9.17, 15) is 9.59 Å². The van der Waals surface area contributed by atoms with Crippen LogP contribution in [-0.2, 0) is 13.6 Å². The fraction of sp³-hybridized carbons (Fsp3) is 0.381. The molecule has 0 atom stereocenters. The Morgan fingerprint density at radius 1 is 1.17 bits per heavy atom. The van der Waals surface area contributed by atoms with Crippen molar-refractivity contribution in [3.63, 3.8) is 0 Å². The van der Waals surface area contributed by atoms with Gasteiger partial charge < -0.3 is 4.90 Å². The topological polar surface area (TPSA) is 85.9 Å². The maximum absolute atomic E-state index is 12.6. The Labute approximate surface area is 168 Å². The molecule has 0 spiro atoms. The fourth-order valence-corrected chi connectivity index (χ4v) is 3.67. The predicted molar refractivity (Wildman–Crippen MR) is 108 cm³/mol. The van der Waals surface area contributed by atoms with Crippen LogP contribution in [0.5, 0.6) is 0 Å². The predicted octanol–water partition coefficient (Wildman–Crippen LogP) is 1.90. The zero-order valence-corrected chi connectivity index (χ0v) is 16.7. The van der Waals surface area contributed by atoms with Gasteiger partial charge in [0.05, 0.1) is 12.0 Å². The Balaban J connectivity index is 1.37. The summed E-state index contributed by atoms with van der Waals surface area (Å²) >= 11 is 0. The molecule has 0 N–H and O–H groups in total. The average Bonchev–Trinajstić information content (AvgIpc) is 3.08. The summed E-state index contributed by atoms with van der Waals surface area (Å²) in [7, 11) is 1.84. The molecule has 0 bridgehead atoms. The van der Waals surface area contributed by atoms with Gasteiger partial charge in [0.2, 0.25) is 0 Å². The van der Waals surface area contributed by atoms with Crippen LogP contribution in [-0.4, -0.2) is 48.2 Å². The molecule has 0 saturated carbocycles. The van der Waals surface area contributed by atoms with Crippen molar-refractivity contribution in [3.05, 3.63) is 64.7 Å². The molecular weight excluding hydrogens is 368 g/mol. The van der Waals surface area contributed by atoms with Gasteiger partial charge in [-0.1, -0.05) is 0 Å². The van der Waals surface area contributed by atoms with E-state index in [4.69, 9.17) is 0 Å². The third-order valence-electron chi connectivity index (χ3n) is 5.55. The number of carbonyl (C=O) groups excluding carboxylic acids is 1. The number of hydrogen-bond donors (Lipinski definition) is 0. The van der Waals surface area contributed by atoms with Gasteiger partial charge in [0.25, 0.3) is 11.5 Å². The van der Waals surface area contributed by atoms with E-state index < -0.39 is 0 Å². The number of aryl methyl sites for hydroxylation is 2. The van der Waals surface area contributed by atoms with Gasteiger partial charge in [0, 0.05) is 56.4 Å². The van der Waals surface area contributed by atoms with Crippen molar-refractivity contribution in [2.45, 2.75) is 26.3 Å². The van der Waals surface area contributed by atoms with Crippen LogP contribution in [0.25, 0.3) is 11.3 Å². The minimum absolute atomic E-state index is 0.0207. The third-order valence-corrected chi connectivity index (χ3v) is 5.55. The van der Waals surface area contributed by atoms with Crippen LogP contribution in [0.4, 0.5) is 0 Å². The van der Waals surface area contributed by atoms with E-state index in [0.717, 1.165) is 24.1 Å². The molecule has 1 aliphatic rings. The Morgan fingerprint density at radius 2 is 1.90 bits per heavy atom. The van der Waals surface area contributed by atoms with Crippen molar-refractivity contribution < 1.29 is 4.79 Å². The van der Waals surface area contributed by atoms with Crippen LogP contribution in [0, 0.1) is 12.8 Å². The molecule has 0 aliphatic carbocycles. The number of likely N-dealkylation sites (tertiary alicyclic amines) is 1. The molecule has 150 valence electrons. The highest BCUT2D eigenvalue weighted by atomic mass is 16.2. The second kappa shape index (κ2) is 7.98. The van der Waals surface area contributed by atoms with Gasteiger partial charge in [-0.15, -0.1) is 0 Å². The lowest BCUT2D eigenvalue weighted by Crippen LogP contribution is -2.40. The summed E-state index contributed by atoms with van der Waals surface area (Å²) in [5, 5.41) is 4.28. The summed E-state index contributed by atoms with van der Waals surface area (Å²) in [4.78, 5) is 35.4. The molecule has 1 saturated heterocycles. The van der Waals surface area contributed by atoms with Gasteiger partial charge >= 0.3 is 0 Å². The highest BCUT2D eigenvalue weighted by molar-refractivity contribution is 5.92. The van der Waals surface area contributed by atoms with Gasteiger partial charge in [-0.3, -0.25) is 23.8 Å². The van der Waals surface area contributed by atoms with E-state index in [1.165, 1.54) is 0 Å². The summed E-state index contributed by atoms with van der Waals surface area (Å²) in [5.41, 5.74) is 2.93. The second-order valence-corrected chi connectivity index (χ2v) is 7.53. The highest BCUT2D eigenvalue weighted by Crippen LogP contribution is 2.21. The van der Waals surface area contributed by atoms with E-state index in [2.05, 4.69) is 15.1 Å². The van der Waals surface area contributed by atoms with Crippen LogP contribution < -0.4 is 5.56 Å². The van der Waals surface area contributed by atoms with Gasteiger partial charge in [0.1, 0.15) is 0 Å². The standard InChI is InChI=1S/C21H24N6O2/c1-15-11-19(24-25(15)2)21(29)26-9-5-16(6-10-26)13-27-14-23-18(12-20(27)28)17-3-7-22-8-4-17/h3-4,7-8,11-12,14,16H,5-6,9-10,13H2,1-2H3. The Hall–Kier alpha value is -3.29. The average molecular weight is 392 g/mol. The van der Waals surface area contributed by atoms with E-state index in [1.807, 2.05) is 37.1 Å². The summed E-state index contributed by atoms with van der Waals surface area (Å²) in [6.45, 7) is 3.90. The molecule has 3 aromatic rings. The van der Waals surface area contributed by atoms with Crippen LogP contribution >= 0.6 is 0 Å². The SMILES string of the molecule is Cc1cc(C(=O)N2CCC(Cn3cnc(-c4ccncc4)cc3=O)CC2)nn1C. The minimum atomic E-state index is -0.0609. The Morgan fingerprint density at radius 3 is 2.52 bits per heavy atom. The van der Waals surface area contributed by atoms with Crippen LogP contribution in [0.2, 0.25) is 0 Å². The number of rotatable bonds is 4. The summed E-state index contributed by atoms with van der Waals surface area (Å²) in [5.74, 6) is 0.323. The van der Waals surface area contributed by atoms with Crippen molar-refractivity contribution in [1.82, 2.24) is 29.2 Å². The van der Waals surface area contributed by atoms with Crippen molar-refractivity contribution in [3.8, 4) is 11.3 Å². The summed E-state index contributed by atoms with van der Waals surface area (Å²) in [6.07, 6.45) is 6.70. The highest BCUT2D eigenvalue weighted by Gasteiger charge is 2.25. The van der Waals surface area contributed by atoms with E-state index in [0.29, 0.717) is 36.9 Å². The minimum Gasteiger partial charge on any atom is -0.337 e. The first-order valence-electron chi connectivity index (χ1n) is 9.78. The molecule has 4 heterocycles. The van der Waals surface area contributed by atoms with Crippen molar-refractivity contribution in [2.75, 3.05) is 13.1 Å². The Kier molecular flexibility index (Phi) is 5.24. The van der Waals surface area contributed by atoms with Crippen molar-refractivity contribution >= 4 is 5.91 Å². The molecule has 29 heavy (non-hydrogen) atoms. The molecule has 1 aliphatic heterocycles. The third kappa shape index (κ3) is 4.11. The monoisotopic (exact) mass is 392 g/mol. The maximum Gasteiger partial charge on any atom is 0.274 e. The molecular formula is C21H24N6O2. The van der Waals surface area contributed by atoms with Crippen LogP contribution in [0.1, 0.15) is 29.0 Å². The molecule has 0 aromatic carbocycles. The first-order chi connectivity index (χ1) is 14.0. The lowest BCUT2D eigenvalue weighted by molar-refractivity contribution is 0.0675. The van der Waals surface area contributed by atoms with E-state index in [1.54, 1.807) is 34.0 Å².